The highest BCUT2D eigenvalue weighted by molar-refractivity contribution is 6.74. The van der Waals surface area contributed by atoms with Gasteiger partial charge in [0.25, 0.3) is 5.92 Å². The summed E-state index contributed by atoms with van der Waals surface area (Å²) in [4.78, 5) is 3.70. The molecule has 0 aromatic rings. The van der Waals surface area contributed by atoms with E-state index < -0.39 is 33.0 Å². The Hall–Kier alpha value is -0.863. The largest absolute Gasteiger partial charge is 0.414 e. The zero-order chi connectivity index (χ0) is 17.2. The van der Waals surface area contributed by atoms with Crippen LogP contribution >= 0.6 is 0 Å². The van der Waals surface area contributed by atoms with E-state index in [0.29, 0.717) is 0 Å². The highest BCUT2D eigenvalue weighted by Crippen LogP contribution is 2.39. The van der Waals surface area contributed by atoms with Crippen LogP contribution in [0.3, 0.4) is 0 Å². The van der Waals surface area contributed by atoms with Crippen molar-refractivity contribution >= 4 is 20.4 Å². The fourth-order valence-corrected chi connectivity index (χ4v) is 2.78. The highest BCUT2D eigenvalue weighted by atomic mass is 28.4. The van der Waals surface area contributed by atoms with Gasteiger partial charge in [-0.3, -0.25) is 10.4 Å². The number of nitrogens with one attached hydrogen (secondary N) is 1. The van der Waals surface area contributed by atoms with Crippen molar-refractivity contribution < 1.29 is 17.9 Å². The molecular formula is C14H27F2N3O2Si. The summed E-state index contributed by atoms with van der Waals surface area (Å²) in [6.07, 6.45) is -1.33. The molecule has 0 spiro atoms. The molecule has 1 saturated heterocycles. The minimum absolute atomic E-state index is 0.0210. The molecule has 128 valence electrons. The zero-order valence-electron chi connectivity index (χ0n) is 14.0. The first-order chi connectivity index (χ1) is 9.85. The van der Waals surface area contributed by atoms with E-state index in [1.807, 2.05) is 0 Å². The minimum Gasteiger partial charge on any atom is -0.414 e. The van der Waals surface area contributed by atoms with Gasteiger partial charge in [0.2, 0.25) is 6.23 Å². The van der Waals surface area contributed by atoms with Gasteiger partial charge in [-0.15, -0.1) is 0 Å². The highest BCUT2D eigenvalue weighted by Gasteiger charge is 2.51. The maximum atomic E-state index is 13.9. The maximum absolute atomic E-state index is 13.9. The van der Waals surface area contributed by atoms with Crippen molar-refractivity contribution in [1.82, 2.24) is 0 Å². The molecule has 2 unspecified atom stereocenters. The quantitative estimate of drug-likeness (QED) is 0.444. The Bertz CT molecular complexity index is 436. The molecule has 8 heteroatoms. The van der Waals surface area contributed by atoms with Crippen molar-refractivity contribution in [3.05, 3.63) is 0 Å². The van der Waals surface area contributed by atoms with Crippen molar-refractivity contribution in [2.45, 2.75) is 70.0 Å². The lowest BCUT2D eigenvalue weighted by atomic mass is 10.2. The number of ether oxygens (including phenoxy) is 1. The fourth-order valence-electron chi connectivity index (χ4n) is 1.74. The second kappa shape index (κ2) is 6.72. The van der Waals surface area contributed by atoms with Crippen molar-refractivity contribution in [3.63, 3.8) is 0 Å². The van der Waals surface area contributed by atoms with Gasteiger partial charge < -0.3 is 14.9 Å². The molecule has 3 N–H and O–H groups in total. The lowest BCUT2D eigenvalue weighted by Crippen LogP contribution is -2.42. The Morgan fingerprint density at radius 1 is 1.50 bits per heavy atom. The van der Waals surface area contributed by atoms with E-state index in [2.05, 4.69) is 38.9 Å². The summed E-state index contributed by atoms with van der Waals surface area (Å²) < 4.78 is 39.0. The number of hydrogen-bond acceptors (Lipinski definition) is 4. The topological polar surface area (TPSA) is 80.7 Å². The molecule has 1 fully saturated rings. The minimum atomic E-state index is -3.02. The number of halogens is 2. The monoisotopic (exact) mass is 335 g/mol. The molecule has 0 amide bonds. The SMILES string of the molecule is CC(C)(C)[Si](C)(C)OCC1CC(F)(F)C(N=CCC(=N)N)O1. The summed E-state index contributed by atoms with van der Waals surface area (Å²) in [5.74, 6) is -3.14. The van der Waals surface area contributed by atoms with E-state index in [9.17, 15) is 8.78 Å². The molecule has 1 rings (SSSR count). The van der Waals surface area contributed by atoms with Crippen LogP contribution in [0.2, 0.25) is 18.1 Å². The van der Waals surface area contributed by atoms with E-state index in [-0.39, 0.29) is 23.9 Å². The van der Waals surface area contributed by atoms with Crippen LogP contribution in [-0.2, 0) is 9.16 Å². The van der Waals surface area contributed by atoms with Crippen LogP contribution in [0.15, 0.2) is 4.99 Å². The number of nitrogens with zero attached hydrogens (tertiary/aromatic N) is 1. The second-order valence-corrected chi connectivity index (χ2v) is 12.0. The Morgan fingerprint density at radius 2 is 2.09 bits per heavy atom. The van der Waals surface area contributed by atoms with Crippen LogP contribution in [-0.4, -0.2) is 45.2 Å². The molecule has 5 nitrogen and oxygen atoms in total. The standard InChI is InChI=1S/C14H27F2N3O2Si/c1-13(2,3)22(4,5)20-9-10-8-14(15,16)12(21-10)19-7-6-11(17)18/h7,10,12H,6,8-9H2,1-5H3,(H3,17,18). The fraction of sp³-hybridized carbons (Fsp3) is 0.857. The van der Waals surface area contributed by atoms with Gasteiger partial charge in [-0.05, 0) is 18.1 Å². The summed E-state index contributed by atoms with van der Waals surface area (Å²) in [7, 11) is -1.99. The van der Waals surface area contributed by atoms with Crippen molar-refractivity contribution in [2.24, 2.45) is 10.7 Å². The van der Waals surface area contributed by atoms with Gasteiger partial charge in [-0.25, -0.2) is 8.78 Å². The smallest absolute Gasteiger partial charge is 0.296 e. The average molecular weight is 335 g/mol. The first-order valence-corrected chi connectivity index (χ1v) is 10.3. The third kappa shape index (κ3) is 5.10. The van der Waals surface area contributed by atoms with Crippen LogP contribution < -0.4 is 5.73 Å². The van der Waals surface area contributed by atoms with Crippen molar-refractivity contribution in [3.8, 4) is 0 Å². The van der Waals surface area contributed by atoms with E-state index in [4.69, 9.17) is 20.3 Å². The average Bonchev–Trinajstić information content (AvgIpc) is 2.60. The van der Waals surface area contributed by atoms with Crippen molar-refractivity contribution in [2.75, 3.05) is 6.61 Å². The van der Waals surface area contributed by atoms with Gasteiger partial charge in [0, 0.05) is 19.1 Å². The van der Waals surface area contributed by atoms with E-state index in [1.165, 1.54) is 6.21 Å². The summed E-state index contributed by atoms with van der Waals surface area (Å²) >= 11 is 0. The first-order valence-electron chi connectivity index (χ1n) is 7.37. The first kappa shape index (κ1) is 19.2. The van der Waals surface area contributed by atoms with Crippen molar-refractivity contribution in [1.29, 1.82) is 5.41 Å². The zero-order valence-corrected chi connectivity index (χ0v) is 15.0. The molecule has 0 aromatic carbocycles. The lowest BCUT2D eigenvalue weighted by molar-refractivity contribution is -0.0718. The van der Waals surface area contributed by atoms with Crippen LogP contribution in [0.5, 0.6) is 0 Å². The van der Waals surface area contributed by atoms with E-state index in [1.54, 1.807) is 0 Å². The summed E-state index contributed by atoms with van der Waals surface area (Å²) in [5.41, 5.74) is 5.16. The van der Waals surface area contributed by atoms with Crippen LogP contribution in [0.1, 0.15) is 33.6 Å². The van der Waals surface area contributed by atoms with Gasteiger partial charge in [0.15, 0.2) is 8.32 Å². The molecule has 0 radical (unpaired) electrons. The molecule has 1 aliphatic heterocycles. The van der Waals surface area contributed by atoms with Crippen LogP contribution in [0.4, 0.5) is 8.78 Å². The maximum Gasteiger partial charge on any atom is 0.296 e. The molecular weight excluding hydrogens is 308 g/mol. The van der Waals surface area contributed by atoms with Gasteiger partial charge in [0.05, 0.1) is 18.5 Å². The van der Waals surface area contributed by atoms with E-state index in [0.717, 1.165) is 0 Å². The Balaban J connectivity index is 2.59. The number of hydrogen-bond donors (Lipinski definition) is 2. The molecule has 22 heavy (non-hydrogen) atoms. The molecule has 1 aliphatic rings. The normalized spacial score (nSPS) is 25.8. The van der Waals surface area contributed by atoms with Gasteiger partial charge >= 0.3 is 0 Å². The summed E-state index contributed by atoms with van der Waals surface area (Å²) in [6, 6.07) is 0. The molecule has 0 aromatic heterocycles. The molecule has 0 saturated carbocycles. The van der Waals surface area contributed by atoms with Crippen LogP contribution in [0, 0.1) is 5.41 Å². The van der Waals surface area contributed by atoms with Gasteiger partial charge in [-0.2, -0.15) is 0 Å². The molecule has 1 heterocycles. The summed E-state index contributed by atoms with van der Waals surface area (Å²) in [6.45, 7) is 10.6. The second-order valence-electron chi connectivity index (χ2n) is 7.21. The molecule has 0 bridgehead atoms. The number of aliphatic imine (C=N–C) groups is 1. The number of rotatable bonds is 6. The Labute approximate surface area is 131 Å². The van der Waals surface area contributed by atoms with E-state index >= 15 is 0 Å². The number of nitrogens with two attached hydrogens (primary N) is 1. The third-order valence-electron chi connectivity index (χ3n) is 4.17. The molecule has 0 aliphatic carbocycles. The number of alkyl halides is 2. The van der Waals surface area contributed by atoms with Gasteiger partial charge in [-0.1, -0.05) is 20.8 Å². The predicted octanol–water partition coefficient (Wildman–Crippen LogP) is 3.16. The summed E-state index contributed by atoms with van der Waals surface area (Å²) in [5, 5.41) is 7.06. The van der Waals surface area contributed by atoms with Crippen LogP contribution in [0.25, 0.3) is 0 Å². The Morgan fingerprint density at radius 3 is 2.59 bits per heavy atom. The number of amidine groups is 1. The molecule has 2 atom stereocenters. The Kier molecular flexibility index (Phi) is 5.86. The third-order valence-corrected chi connectivity index (χ3v) is 8.67. The predicted molar refractivity (Wildman–Crippen MR) is 86.4 cm³/mol. The van der Waals surface area contributed by atoms with Gasteiger partial charge in [0.1, 0.15) is 0 Å². The lowest BCUT2D eigenvalue weighted by Gasteiger charge is -2.36.